The van der Waals surface area contributed by atoms with Gasteiger partial charge in [0, 0.05) is 38.5 Å². The van der Waals surface area contributed by atoms with Crippen LogP contribution in [0.3, 0.4) is 0 Å². The third kappa shape index (κ3) is 4.06. The highest BCUT2D eigenvalue weighted by Gasteiger charge is 2.27. The summed E-state index contributed by atoms with van der Waals surface area (Å²) in [4.78, 5) is 6.94. The standard InChI is InChI=1S/C21H27N5/c1-3-23-20(22)19(24-14-13-16-9-5-4-6-10-16)21-25-15-17-11-7-8-12-18(17)26(21)2/h4-12,14,21,23,25H,3,13,15,22H2,1-2H3/b20-19-,24-14+. The van der Waals surface area contributed by atoms with Gasteiger partial charge in [-0.05, 0) is 24.1 Å². The molecule has 1 heterocycles. The van der Waals surface area contributed by atoms with Crippen molar-refractivity contribution in [1.82, 2.24) is 10.6 Å². The quantitative estimate of drug-likeness (QED) is 0.702. The zero-order valence-corrected chi connectivity index (χ0v) is 15.4. The first-order valence-corrected chi connectivity index (χ1v) is 9.04. The maximum atomic E-state index is 6.31. The summed E-state index contributed by atoms with van der Waals surface area (Å²) in [6, 6.07) is 18.7. The molecule has 1 atom stereocenters. The lowest BCUT2D eigenvalue weighted by molar-refractivity contribution is 0.522. The summed E-state index contributed by atoms with van der Waals surface area (Å²) in [6.07, 6.45) is 2.64. The SMILES string of the molecule is CCN/C(N)=C(\N=C\Cc1ccccc1)C1NCc2ccccc2N1C. The number of nitrogens with two attached hydrogens (primary N) is 1. The van der Waals surface area contributed by atoms with Gasteiger partial charge in [-0.1, -0.05) is 48.5 Å². The van der Waals surface area contributed by atoms with Crippen LogP contribution in [0.4, 0.5) is 5.69 Å². The molecule has 2 aromatic carbocycles. The predicted octanol–water partition coefficient (Wildman–Crippen LogP) is 2.60. The van der Waals surface area contributed by atoms with E-state index in [4.69, 9.17) is 10.7 Å². The van der Waals surface area contributed by atoms with Gasteiger partial charge in [0.05, 0.1) is 0 Å². The molecule has 5 heteroatoms. The number of rotatable bonds is 6. The van der Waals surface area contributed by atoms with E-state index in [1.54, 1.807) is 0 Å². The van der Waals surface area contributed by atoms with Gasteiger partial charge in [0.1, 0.15) is 17.7 Å². The van der Waals surface area contributed by atoms with Gasteiger partial charge in [-0.25, -0.2) is 0 Å². The van der Waals surface area contributed by atoms with Crippen LogP contribution in [0.1, 0.15) is 18.1 Å². The van der Waals surface area contributed by atoms with Crippen molar-refractivity contribution in [2.24, 2.45) is 10.7 Å². The normalized spacial score (nSPS) is 17.8. The van der Waals surface area contributed by atoms with Gasteiger partial charge in [0.25, 0.3) is 0 Å². The van der Waals surface area contributed by atoms with E-state index in [9.17, 15) is 0 Å². The first-order valence-electron chi connectivity index (χ1n) is 9.04. The molecule has 0 fully saturated rings. The number of nitrogens with zero attached hydrogens (tertiary/aromatic N) is 2. The Kier molecular flexibility index (Phi) is 5.92. The van der Waals surface area contributed by atoms with Gasteiger partial charge in [0.2, 0.25) is 0 Å². The van der Waals surface area contributed by atoms with E-state index < -0.39 is 0 Å². The molecule has 0 amide bonds. The largest absolute Gasteiger partial charge is 0.384 e. The molecule has 3 rings (SSSR count). The number of benzene rings is 2. The summed E-state index contributed by atoms with van der Waals surface area (Å²) in [5.74, 6) is 0.612. The highest BCUT2D eigenvalue weighted by Crippen LogP contribution is 2.27. The van der Waals surface area contributed by atoms with E-state index in [2.05, 4.69) is 59.0 Å². The number of likely N-dealkylation sites (N-methyl/N-ethyl adjacent to an activating group) is 1. The Bertz CT molecular complexity index is 782. The molecule has 1 aliphatic heterocycles. The zero-order chi connectivity index (χ0) is 18.4. The second-order valence-electron chi connectivity index (χ2n) is 6.35. The van der Waals surface area contributed by atoms with Crippen LogP contribution in [0.5, 0.6) is 0 Å². The molecule has 136 valence electrons. The van der Waals surface area contributed by atoms with Gasteiger partial charge in [-0.2, -0.15) is 0 Å². The van der Waals surface area contributed by atoms with Crippen molar-refractivity contribution in [3.63, 3.8) is 0 Å². The van der Waals surface area contributed by atoms with Crippen molar-refractivity contribution in [1.29, 1.82) is 0 Å². The second kappa shape index (κ2) is 8.54. The summed E-state index contributed by atoms with van der Waals surface area (Å²) in [6.45, 7) is 3.59. The zero-order valence-electron chi connectivity index (χ0n) is 15.4. The highest BCUT2D eigenvalue weighted by atomic mass is 15.3. The fourth-order valence-corrected chi connectivity index (χ4v) is 3.20. The van der Waals surface area contributed by atoms with E-state index in [1.807, 2.05) is 31.3 Å². The van der Waals surface area contributed by atoms with Crippen molar-refractivity contribution in [2.45, 2.75) is 26.1 Å². The van der Waals surface area contributed by atoms with E-state index in [0.717, 1.165) is 25.2 Å². The van der Waals surface area contributed by atoms with Crippen molar-refractivity contribution in [3.8, 4) is 0 Å². The Morgan fingerprint density at radius 2 is 1.96 bits per heavy atom. The van der Waals surface area contributed by atoms with Crippen LogP contribution in [0.15, 0.2) is 71.1 Å². The monoisotopic (exact) mass is 349 g/mol. The average molecular weight is 349 g/mol. The van der Waals surface area contributed by atoms with E-state index in [0.29, 0.717) is 5.82 Å². The summed E-state index contributed by atoms with van der Waals surface area (Å²) in [5.41, 5.74) is 10.8. The first kappa shape index (κ1) is 18.0. The Morgan fingerprint density at radius 3 is 2.73 bits per heavy atom. The molecule has 0 saturated carbocycles. The molecule has 1 unspecified atom stereocenters. The molecular weight excluding hydrogens is 322 g/mol. The lowest BCUT2D eigenvalue weighted by Gasteiger charge is -2.37. The number of fused-ring (bicyclic) bond motifs is 1. The number of hydrogen-bond acceptors (Lipinski definition) is 5. The van der Waals surface area contributed by atoms with Gasteiger partial charge in [0.15, 0.2) is 0 Å². The molecule has 4 N–H and O–H groups in total. The number of para-hydroxylation sites is 1. The Balaban J connectivity index is 1.84. The van der Waals surface area contributed by atoms with Crippen LogP contribution in [0.2, 0.25) is 0 Å². The predicted molar refractivity (Wildman–Crippen MR) is 109 cm³/mol. The molecule has 0 spiro atoms. The van der Waals surface area contributed by atoms with Crippen LogP contribution < -0.4 is 21.3 Å². The molecule has 0 bridgehead atoms. The van der Waals surface area contributed by atoms with Crippen molar-refractivity contribution < 1.29 is 0 Å². The third-order valence-corrected chi connectivity index (χ3v) is 4.55. The van der Waals surface area contributed by atoms with E-state index >= 15 is 0 Å². The van der Waals surface area contributed by atoms with Crippen LogP contribution in [-0.4, -0.2) is 26.0 Å². The molecular formula is C21H27N5. The molecule has 0 aliphatic carbocycles. The van der Waals surface area contributed by atoms with Gasteiger partial charge >= 0.3 is 0 Å². The van der Waals surface area contributed by atoms with Crippen molar-refractivity contribution >= 4 is 11.9 Å². The van der Waals surface area contributed by atoms with Crippen molar-refractivity contribution in [2.75, 3.05) is 18.5 Å². The molecule has 1 aliphatic rings. The maximum Gasteiger partial charge on any atom is 0.127 e. The third-order valence-electron chi connectivity index (χ3n) is 4.55. The highest BCUT2D eigenvalue weighted by molar-refractivity contribution is 5.64. The Hall–Kier alpha value is -2.79. The number of nitrogens with one attached hydrogen (secondary N) is 2. The smallest absolute Gasteiger partial charge is 0.127 e. The first-order chi connectivity index (χ1) is 12.7. The lowest BCUT2D eigenvalue weighted by Crippen LogP contribution is -2.49. The molecule has 5 nitrogen and oxygen atoms in total. The molecule has 26 heavy (non-hydrogen) atoms. The molecule has 0 aromatic heterocycles. The van der Waals surface area contributed by atoms with Gasteiger partial charge in [-0.3, -0.25) is 10.3 Å². The van der Waals surface area contributed by atoms with Gasteiger partial charge < -0.3 is 16.0 Å². The molecule has 2 aromatic rings. The molecule has 0 saturated heterocycles. The minimum atomic E-state index is -0.0732. The summed E-state index contributed by atoms with van der Waals surface area (Å²) < 4.78 is 0. The van der Waals surface area contributed by atoms with E-state index in [-0.39, 0.29) is 6.17 Å². The number of anilines is 1. The topological polar surface area (TPSA) is 65.7 Å². The number of aliphatic imine (C=N–C) groups is 1. The van der Waals surface area contributed by atoms with Crippen LogP contribution >= 0.6 is 0 Å². The lowest BCUT2D eigenvalue weighted by atomic mass is 10.1. The minimum absolute atomic E-state index is 0.0732. The van der Waals surface area contributed by atoms with Crippen LogP contribution in [0.25, 0.3) is 0 Å². The van der Waals surface area contributed by atoms with Gasteiger partial charge in [-0.15, -0.1) is 0 Å². The Labute approximate surface area is 155 Å². The minimum Gasteiger partial charge on any atom is -0.384 e. The van der Waals surface area contributed by atoms with Crippen LogP contribution in [0, 0.1) is 0 Å². The van der Waals surface area contributed by atoms with Crippen molar-refractivity contribution in [3.05, 3.63) is 77.2 Å². The second-order valence-corrected chi connectivity index (χ2v) is 6.35. The average Bonchev–Trinajstić information content (AvgIpc) is 2.67. The fraction of sp³-hybridized carbons (Fsp3) is 0.286. The van der Waals surface area contributed by atoms with Crippen LogP contribution in [-0.2, 0) is 13.0 Å². The summed E-state index contributed by atoms with van der Waals surface area (Å²) in [7, 11) is 2.07. The summed E-state index contributed by atoms with van der Waals surface area (Å²) in [5, 5.41) is 6.76. The molecule has 0 radical (unpaired) electrons. The maximum absolute atomic E-state index is 6.31. The van der Waals surface area contributed by atoms with E-state index in [1.165, 1.54) is 16.8 Å². The summed E-state index contributed by atoms with van der Waals surface area (Å²) >= 11 is 0. The Morgan fingerprint density at radius 1 is 1.23 bits per heavy atom. The number of hydrogen-bond donors (Lipinski definition) is 3. The fourth-order valence-electron chi connectivity index (χ4n) is 3.20.